The third-order valence-corrected chi connectivity index (χ3v) is 2.79. The maximum absolute atomic E-state index is 13.5. The highest BCUT2D eigenvalue weighted by atomic mass is 19.1. The van der Waals surface area contributed by atoms with Crippen molar-refractivity contribution in [2.24, 2.45) is 0 Å². The second-order valence-electron chi connectivity index (χ2n) is 4.02. The Bertz CT molecular complexity index is 416. The van der Waals surface area contributed by atoms with E-state index in [2.05, 4.69) is 0 Å². The fourth-order valence-electron chi connectivity index (χ4n) is 1.89. The van der Waals surface area contributed by atoms with Gasteiger partial charge in [0.15, 0.2) is 11.6 Å². The lowest BCUT2D eigenvalue weighted by atomic mass is 10.2. The highest BCUT2D eigenvalue weighted by molar-refractivity contribution is 5.90. The van der Waals surface area contributed by atoms with Crippen molar-refractivity contribution < 1.29 is 19.0 Å². The molecule has 0 saturated carbocycles. The summed E-state index contributed by atoms with van der Waals surface area (Å²) in [6.45, 7) is 2.06. The van der Waals surface area contributed by atoms with Crippen LogP contribution >= 0.6 is 0 Å². The maximum Gasteiger partial charge on any atom is 0.339 e. The van der Waals surface area contributed by atoms with E-state index in [9.17, 15) is 9.18 Å². The van der Waals surface area contributed by atoms with E-state index in [1.165, 1.54) is 18.2 Å². The van der Waals surface area contributed by atoms with Gasteiger partial charge in [-0.25, -0.2) is 9.18 Å². The molecule has 0 bridgehead atoms. The minimum Gasteiger partial charge on any atom is -0.478 e. The predicted octanol–water partition coefficient (Wildman–Crippen LogP) is 1.96. The number of carboxylic acids is 1. The monoisotopic (exact) mass is 239 g/mol. The number of halogens is 1. The number of benzene rings is 1. The molecule has 1 aliphatic heterocycles. The Morgan fingerprint density at radius 1 is 1.41 bits per heavy atom. The highest BCUT2D eigenvalue weighted by Crippen LogP contribution is 2.23. The van der Waals surface area contributed by atoms with Gasteiger partial charge >= 0.3 is 5.97 Å². The Balaban J connectivity index is 2.10. The number of hydrogen-bond donors (Lipinski definition) is 1. The van der Waals surface area contributed by atoms with E-state index in [4.69, 9.17) is 9.84 Å². The lowest BCUT2D eigenvalue weighted by molar-refractivity contribution is 0.0685. The number of carbonyl (C=O) groups is 1. The van der Waals surface area contributed by atoms with Gasteiger partial charge in [0.1, 0.15) is 12.3 Å². The minimum atomic E-state index is -1.18. The van der Waals surface area contributed by atoms with Crippen molar-refractivity contribution in [1.29, 1.82) is 0 Å². The Morgan fingerprint density at radius 2 is 2.12 bits per heavy atom. The predicted molar refractivity (Wildman–Crippen MR) is 59.7 cm³/mol. The molecule has 0 atom stereocenters. The van der Waals surface area contributed by atoms with Gasteiger partial charge in [0.05, 0.1) is 0 Å². The molecule has 0 aromatic heterocycles. The first-order chi connectivity index (χ1) is 8.18. The topological polar surface area (TPSA) is 49.8 Å². The average Bonchev–Trinajstić information content (AvgIpc) is 2.80. The van der Waals surface area contributed by atoms with E-state index < -0.39 is 11.8 Å². The standard InChI is InChI=1S/C12H14FNO3/c13-10-5-3-4-9(12(15)16)11(10)17-8-14-6-1-2-7-14/h3-5H,1-2,6-8H2,(H,15,16). The van der Waals surface area contributed by atoms with Crippen molar-refractivity contribution in [3.63, 3.8) is 0 Å². The van der Waals surface area contributed by atoms with Crippen molar-refractivity contribution in [3.8, 4) is 5.75 Å². The fraction of sp³-hybridized carbons (Fsp3) is 0.417. The second-order valence-corrected chi connectivity index (χ2v) is 4.02. The Morgan fingerprint density at radius 3 is 2.76 bits per heavy atom. The number of aromatic carboxylic acids is 1. The summed E-state index contributed by atoms with van der Waals surface area (Å²) in [6.07, 6.45) is 2.21. The molecular formula is C12H14FNO3. The molecular weight excluding hydrogens is 225 g/mol. The molecule has 1 aromatic carbocycles. The third-order valence-electron chi connectivity index (χ3n) is 2.79. The molecule has 92 valence electrons. The molecule has 0 unspecified atom stereocenters. The number of hydrogen-bond acceptors (Lipinski definition) is 3. The Labute approximate surface area is 98.6 Å². The van der Waals surface area contributed by atoms with Crippen LogP contribution in [0.3, 0.4) is 0 Å². The van der Waals surface area contributed by atoms with E-state index in [0.29, 0.717) is 0 Å². The van der Waals surface area contributed by atoms with Crippen molar-refractivity contribution in [2.45, 2.75) is 12.8 Å². The highest BCUT2D eigenvalue weighted by Gasteiger charge is 2.18. The number of carboxylic acid groups (broad SMARTS) is 1. The third kappa shape index (κ3) is 2.74. The van der Waals surface area contributed by atoms with Crippen LogP contribution in [0.5, 0.6) is 5.75 Å². The Kier molecular flexibility index (Phi) is 3.58. The molecule has 1 saturated heterocycles. The van der Waals surface area contributed by atoms with Crippen LogP contribution in [-0.4, -0.2) is 35.8 Å². The van der Waals surface area contributed by atoms with Gasteiger partial charge in [-0.3, -0.25) is 4.90 Å². The first-order valence-electron chi connectivity index (χ1n) is 5.55. The molecule has 5 heteroatoms. The normalized spacial score (nSPS) is 16.1. The van der Waals surface area contributed by atoms with E-state index in [1.807, 2.05) is 4.90 Å². The molecule has 0 radical (unpaired) electrons. The second kappa shape index (κ2) is 5.14. The summed E-state index contributed by atoms with van der Waals surface area (Å²) in [5.74, 6) is -1.99. The first-order valence-corrected chi connectivity index (χ1v) is 5.55. The molecule has 2 rings (SSSR count). The molecule has 0 amide bonds. The summed E-state index contributed by atoms with van der Waals surface area (Å²) >= 11 is 0. The maximum atomic E-state index is 13.5. The van der Waals surface area contributed by atoms with Gasteiger partial charge in [0, 0.05) is 13.1 Å². The van der Waals surface area contributed by atoms with E-state index in [1.54, 1.807) is 0 Å². The van der Waals surface area contributed by atoms with Gasteiger partial charge in [0.2, 0.25) is 0 Å². The van der Waals surface area contributed by atoms with Crippen molar-refractivity contribution >= 4 is 5.97 Å². The van der Waals surface area contributed by atoms with Gasteiger partial charge in [0.25, 0.3) is 0 Å². The molecule has 1 heterocycles. The zero-order valence-corrected chi connectivity index (χ0v) is 9.36. The van der Waals surface area contributed by atoms with E-state index in [-0.39, 0.29) is 18.0 Å². The first kappa shape index (κ1) is 11.9. The summed E-state index contributed by atoms with van der Waals surface area (Å²) in [4.78, 5) is 12.9. The molecule has 1 N–H and O–H groups in total. The van der Waals surface area contributed by atoms with Gasteiger partial charge in [-0.15, -0.1) is 0 Å². The molecule has 0 aliphatic carbocycles. The van der Waals surface area contributed by atoms with Crippen LogP contribution in [-0.2, 0) is 0 Å². The smallest absolute Gasteiger partial charge is 0.339 e. The molecule has 1 aromatic rings. The number of para-hydroxylation sites is 1. The van der Waals surface area contributed by atoms with E-state index >= 15 is 0 Å². The van der Waals surface area contributed by atoms with Crippen molar-refractivity contribution in [1.82, 2.24) is 4.90 Å². The lowest BCUT2D eigenvalue weighted by Crippen LogP contribution is -2.25. The molecule has 17 heavy (non-hydrogen) atoms. The van der Waals surface area contributed by atoms with Crippen LogP contribution in [0.1, 0.15) is 23.2 Å². The SMILES string of the molecule is O=C(O)c1cccc(F)c1OCN1CCCC1. The van der Waals surface area contributed by atoms with Crippen LogP contribution < -0.4 is 4.74 Å². The van der Waals surface area contributed by atoms with Crippen LogP contribution in [0.25, 0.3) is 0 Å². The van der Waals surface area contributed by atoms with Crippen molar-refractivity contribution in [2.75, 3.05) is 19.8 Å². The number of ether oxygens (including phenoxy) is 1. The Hall–Kier alpha value is -1.62. The largest absolute Gasteiger partial charge is 0.478 e. The number of likely N-dealkylation sites (tertiary alicyclic amines) is 1. The van der Waals surface area contributed by atoms with Crippen LogP contribution in [0.2, 0.25) is 0 Å². The molecule has 1 fully saturated rings. The quantitative estimate of drug-likeness (QED) is 0.872. The number of nitrogens with zero attached hydrogens (tertiary/aromatic N) is 1. The van der Waals surface area contributed by atoms with Crippen molar-refractivity contribution in [3.05, 3.63) is 29.6 Å². The number of rotatable bonds is 4. The minimum absolute atomic E-state index is 0.135. The van der Waals surface area contributed by atoms with Crippen LogP contribution in [0.15, 0.2) is 18.2 Å². The molecule has 0 spiro atoms. The van der Waals surface area contributed by atoms with Crippen LogP contribution in [0, 0.1) is 5.82 Å². The van der Waals surface area contributed by atoms with Gasteiger partial charge in [-0.2, -0.15) is 0 Å². The van der Waals surface area contributed by atoms with Gasteiger partial charge in [-0.1, -0.05) is 6.07 Å². The summed E-state index contributed by atoms with van der Waals surface area (Å²) in [5.41, 5.74) is -0.135. The molecule has 4 nitrogen and oxygen atoms in total. The van der Waals surface area contributed by atoms with Crippen LogP contribution in [0.4, 0.5) is 4.39 Å². The van der Waals surface area contributed by atoms with E-state index in [0.717, 1.165) is 25.9 Å². The summed E-state index contributed by atoms with van der Waals surface area (Å²) < 4.78 is 18.8. The zero-order chi connectivity index (χ0) is 12.3. The summed E-state index contributed by atoms with van der Waals surface area (Å²) in [6, 6.07) is 3.90. The average molecular weight is 239 g/mol. The summed E-state index contributed by atoms with van der Waals surface area (Å²) in [5, 5.41) is 8.92. The zero-order valence-electron chi connectivity index (χ0n) is 9.36. The van der Waals surface area contributed by atoms with Gasteiger partial charge < -0.3 is 9.84 Å². The summed E-state index contributed by atoms with van der Waals surface area (Å²) in [7, 11) is 0. The lowest BCUT2D eigenvalue weighted by Gasteiger charge is -2.17. The fourth-order valence-corrected chi connectivity index (χ4v) is 1.89. The molecule has 1 aliphatic rings. The van der Waals surface area contributed by atoms with Gasteiger partial charge in [-0.05, 0) is 25.0 Å².